The number of hydrogen-bond acceptors (Lipinski definition) is 6. The van der Waals surface area contributed by atoms with Gasteiger partial charge in [0.25, 0.3) is 0 Å². The molecule has 140 valence electrons. The average Bonchev–Trinajstić information content (AvgIpc) is 2.45. The lowest BCUT2D eigenvalue weighted by molar-refractivity contribution is -0.127. The van der Waals surface area contributed by atoms with E-state index in [9.17, 15) is 4.79 Å². The summed E-state index contributed by atoms with van der Waals surface area (Å²) in [5.74, 6) is 0.901. The number of nitrogens with zero attached hydrogens (tertiary/aromatic N) is 1. The molecule has 8 heteroatoms. The summed E-state index contributed by atoms with van der Waals surface area (Å²) >= 11 is 0. The summed E-state index contributed by atoms with van der Waals surface area (Å²) in [5.41, 5.74) is 1.09. The van der Waals surface area contributed by atoms with Crippen LogP contribution in [0, 0.1) is 0 Å². The Morgan fingerprint density at radius 1 is 1.00 bits per heavy atom. The monoisotopic (exact) mass is 383 g/mol. The first-order valence-corrected chi connectivity index (χ1v) is 15.0. The van der Waals surface area contributed by atoms with Gasteiger partial charge in [-0.1, -0.05) is 11.2 Å². The van der Waals surface area contributed by atoms with Crippen molar-refractivity contribution in [1.29, 1.82) is 0 Å². The van der Waals surface area contributed by atoms with Crippen LogP contribution in [0.5, 0.6) is 11.5 Å². The standard InChI is InChI=1S/C17H29NO5Si2/c1-20-16-12-13(9-10-15(16)22-24(3,4)5)11-14(18-21-2)17(19)23-25(6,7)8/h9-10,12H,11H2,1-8H3/b18-14-. The highest BCUT2D eigenvalue weighted by atomic mass is 28.4. The molecule has 6 nitrogen and oxygen atoms in total. The topological polar surface area (TPSA) is 66.3 Å². The van der Waals surface area contributed by atoms with Crippen LogP contribution in [0.3, 0.4) is 0 Å². The van der Waals surface area contributed by atoms with Gasteiger partial charge in [-0.25, -0.2) is 4.79 Å². The van der Waals surface area contributed by atoms with E-state index in [1.54, 1.807) is 7.11 Å². The summed E-state index contributed by atoms with van der Waals surface area (Å²) in [5, 5.41) is 3.84. The van der Waals surface area contributed by atoms with Gasteiger partial charge in [0.2, 0.25) is 16.6 Å². The molecule has 0 unspecified atom stereocenters. The van der Waals surface area contributed by atoms with Crippen LogP contribution in [0.25, 0.3) is 0 Å². The Morgan fingerprint density at radius 2 is 1.64 bits per heavy atom. The highest BCUT2D eigenvalue weighted by Gasteiger charge is 2.25. The van der Waals surface area contributed by atoms with Crippen LogP contribution in [0.15, 0.2) is 23.4 Å². The van der Waals surface area contributed by atoms with Crippen molar-refractivity contribution in [3.8, 4) is 11.5 Å². The number of hydrogen-bond donors (Lipinski definition) is 0. The van der Waals surface area contributed by atoms with Crippen molar-refractivity contribution in [2.75, 3.05) is 14.2 Å². The van der Waals surface area contributed by atoms with Crippen molar-refractivity contribution < 1.29 is 23.2 Å². The van der Waals surface area contributed by atoms with Gasteiger partial charge >= 0.3 is 5.97 Å². The van der Waals surface area contributed by atoms with Crippen molar-refractivity contribution in [1.82, 2.24) is 0 Å². The molecule has 0 bridgehead atoms. The minimum absolute atomic E-state index is 0.228. The Hall–Kier alpha value is -1.81. The predicted octanol–water partition coefficient (Wildman–Crippen LogP) is 3.83. The van der Waals surface area contributed by atoms with Crippen molar-refractivity contribution >= 4 is 28.3 Å². The first-order valence-electron chi connectivity index (χ1n) is 8.14. The van der Waals surface area contributed by atoms with E-state index in [2.05, 4.69) is 24.8 Å². The molecule has 0 radical (unpaired) electrons. The lowest BCUT2D eigenvalue weighted by atomic mass is 10.1. The smallest absolute Gasteiger partial charge is 0.343 e. The number of carbonyl (C=O) groups excluding carboxylic acids is 1. The normalized spacial score (nSPS) is 12.6. The fourth-order valence-corrected chi connectivity index (χ4v) is 3.52. The molecule has 0 aromatic heterocycles. The van der Waals surface area contributed by atoms with Crippen molar-refractivity contribution in [3.63, 3.8) is 0 Å². The zero-order valence-corrected chi connectivity index (χ0v) is 18.4. The van der Waals surface area contributed by atoms with E-state index in [0.29, 0.717) is 17.9 Å². The third kappa shape index (κ3) is 7.74. The van der Waals surface area contributed by atoms with Gasteiger partial charge in [-0.2, -0.15) is 0 Å². The Kier molecular flexibility index (Phi) is 7.24. The van der Waals surface area contributed by atoms with Crippen molar-refractivity contribution in [3.05, 3.63) is 23.8 Å². The second-order valence-electron chi connectivity index (χ2n) is 7.60. The predicted molar refractivity (Wildman–Crippen MR) is 105 cm³/mol. The van der Waals surface area contributed by atoms with E-state index in [1.807, 2.05) is 37.8 Å². The lowest BCUT2D eigenvalue weighted by Crippen LogP contribution is -2.34. The van der Waals surface area contributed by atoms with E-state index >= 15 is 0 Å². The number of benzene rings is 1. The van der Waals surface area contributed by atoms with Gasteiger partial charge in [-0.15, -0.1) is 0 Å². The third-order valence-corrected chi connectivity index (χ3v) is 4.48. The fourth-order valence-electron chi connectivity index (χ4n) is 2.02. The Bertz CT molecular complexity index is 633. The number of methoxy groups -OCH3 is 1. The van der Waals surface area contributed by atoms with Crippen molar-refractivity contribution in [2.45, 2.75) is 45.7 Å². The molecule has 0 aliphatic rings. The van der Waals surface area contributed by atoms with E-state index < -0.39 is 22.6 Å². The van der Waals surface area contributed by atoms with E-state index in [1.165, 1.54) is 7.11 Å². The molecule has 0 spiro atoms. The maximum atomic E-state index is 12.3. The highest BCUT2D eigenvalue weighted by molar-refractivity contribution is 6.72. The second kappa shape index (κ2) is 8.53. The van der Waals surface area contributed by atoms with Gasteiger partial charge in [0.1, 0.15) is 12.9 Å². The lowest BCUT2D eigenvalue weighted by Gasteiger charge is -2.21. The van der Waals surface area contributed by atoms with E-state index in [0.717, 1.165) is 5.56 Å². The molecule has 1 rings (SSSR count). The average molecular weight is 384 g/mol. The van der Waals surface area contributed by atoms with Crippen molar-refractivity contribution in [2.24, 2.45) is 5.16 Å². The van der Waals surface area contributed by atoms with Crippen LogP contribution in [-0.4, -0.2) is 42.5 Å². The molecule has 0 saturated carbocycles. The molecule has 0 atom stereocenters. The van der Waals surface area contributed by atoms with E-state index in [4.69, 9.17) is 18.4 Å². The number of oxime groups is 1. The molecule has 0 amide bonds. The summed E-state index contributed by atoms with van der Waals surface area (Å²) in [6.45, 7) is 12.2. The summed E-state index contributed by atoms with van der Waals surface area (Å²) in [7, 11) is -0.748. The van der Waals surface area contributed by atoms with Crippen LogP contribution in [-0.2, 0) is 20.5 Å². The molecular formula is C17H29NO5Si2. The molecular weight excluding hydrogens is 354 g/mol. The number of rotatable bonds is 8. The van der Waals surface area contributed by atoms with Crippen LogP contribution < -0.4 is 9.16 Å². The first-order chi connectivity index (χ1) is 11.4. The van der Waals surface area contributed by atoms with E-state index in [-0.39, 0.29) is 5.71 Å². The Morgan fingerprint density at radius 3 is 2.12 bits per heavy atom. The molecule has 1 aromatic carbocycles. The summed E-state index contributed by atoms with van der Waals surface area (Å²) in [4.78, 5) is 17.1. The van der Waals surface area contributed by atoms with Gasteiger partial charge in [-0.3, -0.25) is 0 Å². The van der Waals surface area contributed by atoms with Crippen LogP contribution in [0.1, 0.15) is 5.56 Å². The zero-order chi connectivity index (χ0) is 19.3. The molecule has 0 heterocycles. The molecule has 0 saturated heterocycles. The minimum atomic E-state index is -2.01. The molecule has 0 aliphatic carbocycles. The highest BCUT2D eigenvalue weighted by Crippen LogP contribution is 2.30. The largest absolute Gasteiger partial charge is 0.542 e. The van der Waals surface area contributed by atoms with Crippen LogP contribution in [0.4, 0.5) is 0 Å². The summed E-state index contributed by atoms with van der Waals surface area (Å²) in [6, 6.07) is 5.61. The summed E-state index contributed by atoms with van der Waals surface area (Å²) in [6.07, 6.45) is 0.292. The van der Waals surface area contributed by atoms with Crippen LogP contribution in [0.2, 0.25) is 39.3 Å². The number of carbonyl (C=O) groups is 1. The molecule has 25 heavy (non-hydrogen) atoms. The molecule has 0 aliphatic heterocycles. The molecule has 0 fully saturated rings. The van der Waals surface area contributed by atoms with Gasteiger partial charge in [0.05, 0.1) is 7.11 Å². The summed E-state index contributed by atoms with van der Waals surface area (Å²) < 4.78 is 17.0. The van der Waals surface area contributed by atoms with Crippen LogP contribution >= 0.6 is 0 Å². The zero-order valence-electron chi connectivity index (χ0n) is 16.4. The quantitative estimate of drug-likeness (QED) is 0.388. The Labute approximate surface area is 152 Å². The Balaban J connectivity index is 3.03. The third-order valence-electron chi connectivity index (χ3n) is 2.85. The van der Waals surface area contributed by atoms with Gasteiger partial charge < -0.3 is 18.4 Å². The first kappa shape index (κ1) is 21.2. The fraction of sp³-hybridized carbons (Fsp3) is 0.529. The molecule has 1 aromatic rings. The molecule has 0 N–H and O–H groups in total. The minimum Gasteiger partial charge on any atom is -0.542 e. The maximum absolute atomic E-state index is 12.3. The second-order valence-corrected chi connectivity index (χ2v) is 16.5. The number of ether oxygens (including phenoxy) is 1. The maximum Gasteiger partial charge on any atom is 0.343 e. The van der Waals surface area contributed by atoms with Gasteiger partial charge in [0, 0.05) is 6.42 Å². The van der Waals surface area contributed by atoms with Gasteiger partial charge in [0.15, 0.2) is 11.5 Å². The van der Waals surface area contributed by atoms with Gasteiger partial charge in [-0.05, 0) is 57.0 Å². The SMILES string of the molecule is CO/N=C(/Cc1ccc(O[Si](C)(C)C)c(OC)c1)C(=O)O[Si](C)(C)C.